The molecule has 1 N–H and O–H groups in total. The highest BCUT2D eigenvalue weighted by molar-refractivity contribution is 5.98. The van der Waals surface area contributed by atoms with Gasteiger partial charge in [-0.3, -0.25) is 9.59 Å². The van der Waals surface area contributed by atoms with Crippen LogP contribution in [0.5, 0.6) is 5.75 Å². The van der Waals surface area contributed by atoms with Gasteiger partial charge < -0.3 is 19.3 Å². The summed E-state index contributed by atoms with van der Waals surface area (Å²) in [6.45, 7) is 0.0806. The molecule has 0 radical (unpaired) electrons. The van der Waals surface area contributed by atoms with Crippen molar-refractivity contribution in [2.24, 2.45) is 0 Å². The molecule has 7 nitrogen and oxygen atoms in total. The van der Waals surface area contributed by atoms with Crippen molar-refractivity contribution in [3.05, 3.63) is 63.6 Å². The van der Waals surface area contributed by atoms with Crippen molar-refractivity contribution in [3.8, 4) is 5.75 Å². The molecule has 0 spiro atoms. The van der Waals surface area contributed by atoms with E-state index in [0.717, 1.165) is 31.2 Å². The molecule has 1 aromatic carbocycles. The van der Waals surface area contributed by atoms with E-state index >= 15 is 0 Å². The highest BCUT2D eigenvalue weighted by atomic mass is 16.5. The summed E-state index contributed by atoms with van der Waals surface area (Å²) in [5.74, 6) is -1.80. The molecule has 146 valence electrons. The number of amides is 1. The number of benzene rings is 1. The Morgan fingerprint density at radius 2 is 1.82 bits per heavy atom. The number of hydrogen-bond donors (Lipinski definition) is 1. The summed E-state index contributed by atoms with van der Waals surface area (Å²) in [6.07, 6.45) is 5.04. The summed E-state index contributed by atoms with van der Waals surface area (Å²) in [5.41, 5.74) is -0.149. The predicted octanol–water partition coefficient (Wildman–Crippen LogP) is 2.69. The number of hydrogen-bond acceptors (Lipinski definition) is 4. The van der Waals surface area contributed by atoms with Gasteiger partial charge in [0.05, 0.1) is 12.1 Å². The lowest BCUT2D eigenvalue weighted by Gasteiger charge is -2.44. The summed E-state index contributed by atoms with van der Waals surface area (Å²) in [4.78, 5) is 39.3. The van der Waals surface area contributed by atoms with Crippen LogP contribution in [-0.2, 0) is 6.61 Å². The molecule has 0 unspecified atom stereocenters. The van der Waals surface area contributed by atoms with Gasteiger partial charge in [0.1, 0.15) is 12.2 Å². The second kappa shape index (κ2) is 7.14. The van der Waals surface area contributed by atoms with E-state index in [9.17, 15) is 19.5 Å². The smallest absolute Gasteiger partial charge is 0.341 e. The second-order valence-corrected chi connectivity index (χ2v) is 7.37. The van der Waals surface area contributed by atoms with Crippen LogP contribution in [0.4, 0.5) is 0 Å². The van der Waals surface area contributed by atoms with Crippen LogP contribution in [0.25, 0.3) is 0 Å². The van der Waals surface area contributed by atoms with Crippen molar-refractivity contribution >= 4 is 11.9 Å². The third-order valence-corrected chi connectivity index (χ3v) is 5.72. The van der Waals surface area contributed by atoms with E-state index in [2.05, 4.69) is 0 Å². The Hall–Kier alpha value is -3.09. The minimum absolute atomic E-state index is 0.000120. The van der Waals surface area contributed by atoms with Crippen molar-refractivity contribution in [1.82, 2.24) is 9.47 Å². The van der Waals surface area contributed by atoms with Crippen molar-refractivity contribution < 1.29 is 19.4 Å². The summed E-state index contributed by atoms with van der Waals surface area (Å²) in [5, 5.41) is 9.53. The van der Waals surface area contributed by atoms with E-state index in [1.54, 1.807) is 16.5 Å². The van der Waals surface area contributed by atoms with Gasteiger partial charge in [-0.15, -0.1) is 0 Å². The zero-order chi connectivity index (χ0) is 19.8. The molecule has 1 saturated carbocycles. The first-order chi connectivity index (χ1) is 13.5. The lowest BCUT2D eigenvalue weighted by atomic mass is 9.86. The third-order valence-electron chi connectivity index (χ3n) is 5.72. The Kier molecular flexibility index (Phi) is 4.66. The zero-order valence-corrected chi connectivity index (χ0v) is 15.6. The Balaban J connectivity index is 1.85. The van der Waals surface area contributed by atoms with E-state index in [0.29, 0.717) is 0 Å². The fourth-order valence-corrected chi connectivity index (χ4v) is 4.28. The van der Waals surface area contributed by atoms with Crippen molar-refractivity contribution in [3.63, 3.8) is 0 Å². The number of aromatic nitrogens is 1. The fraction of sp³-hybridized carbons (Fsp3) is 0.381. The number of carboxylic acids is 1. The van der Waals surface area contributed by atoms with Crippen molar-refractivity contribution in [2.75, 3.05) is 7.05 Å². The lowest BCUT2D eigenvalue weighted by Crippen LogP contribution is -2.51. The van der Waals surface area contributed by atoms with Gasteiger partial charge in [0.15, 0.2) is 11.4 Å². The minimum atomic E-state index is -1.32. The van der Waals surface area contributed by atoms with Crippen LogP contribution in [-0.4, -0.2) is 39.5 Å². The molecule has 1 fully saturated rings. The number of fused-ring (bicyclic) bond motifs is 3. The number of likely N-dealkylation sites (N-methyl/N-ethyl adjacent to an activating group) is 1. The van der Waals surface area contributed by atoms with Gasteiger partial charge in [-0.05, 0) is 18.4 Å². The van der Waals surface area contributed by atoms with Gasteiger partial charge in [-0.2, -0.15) is 0 Å². The number of nitrogens with zero attached hydrogens (tertiary/aromatic N) is 2. The molecular formula is C21H22N2O5. The molecule has 2 atom stereocenters. The first-order valence-corrected chi connectivity index (χ1v) is 9.45. The van der Waals surface area contributed by atoms with E-state index in [4.69, 9.17) is 4.74 Å². The molecule has 28 heavy (non-hydrogen) atoms. The molecule has 2 heterocycles. The van der Waals surface area contributed by atoms with Gasteiger partial charge in [0.2, 0.25) is 5.43 Å². The van der Waals surface area contributed by atoms with Crippen molar-refractivity contribution in [2.45, 2.75) is 44.4 Å². The molecule has 0 bridgehead atoms. The van der Waals surface area contributed by atoms with Crippen molar-refractivity contribution in [1.29, 1.82) is 0 Å². The van der Waals surface area contributed by atoms with Gasteiger partial charge in [0.25, 0.3) is 5.91 Å². The average molecular weight is 382 g/mol. The van der Waals surface area contributed by atoms with Crippen LogP contribution in [0.15, 0.2) is 41.3 Å². The third kappa shape index (κ3) is 2.96. The summed E-state index contributed by atoms with van der Waals surface area (Å²) < 4.78 is 7.44. The monoisotopic (exact) mass is 382 g/mol. The van der Waals surface area contributed by atoms with E-state index in [1.807, 2.05) is 30.3 Å². The highest BCUT2D eigenvalue weighted by Gasteiger charge is 2.41. The largest absolute Gasteiger partial charge is 0.483 e. The Labute approximate surface area is 162 Å². The number of carbonyl (C=O) groups excluding carboxylic acids is 1. The molecule has 2 aromatic rings. The summed E-state index contributed by atoms with van der Waals surface area (Å²) in [6, 6.07) is 9.20. The quantitative estimate of drug-likeness (QED) is 0.878. The maximum atomic E-state index is 13.1. The van der Waals surface area contributed by atoms with Crippen LogP contribution in [0, 0.1) is 0 Å². The first kappa shape index (κ1) is 18.3. The number of pyridine rings is 1. The topological polar surface area (TPSA) is 88.8 Å². The molecule has 7 heteroatoms. The number of ether oxygens (including phenoxy) is 1. The number of rotatable bonds is 4. The second-order valence-electron chi connectivity index (χ2n) is 7.37. The Morgan fingerprint density at radius 3 is 2.50 bits per heavy atom. The van der Waals surface area contributed by atoms with E-state index in [-0.39, 0.29) is 41.6 Å². The molecule has 1 aliphatic heterocycles. The van der Waals surface area contributed by atoms with Crippen LogP contribution in [0.1, 0.15) is 58.1 Å². The van der Waals surface area contributed by atoms with Crippen LogP contribution in [0.2, 0.25) is 0 Å². The van der Waals surface area contributed by atoms with Gasteiger partial charge in [-0.25, -0.2) is 4.79 Å². The maximum Gasteiger partial charge on any atom is 0.341 e. The maximum absolute atomic E-state index is 13.1. The van der Waals surface area contributed by atoms with Crippen LogP contribution in [0.3, 0.4) is 0 Å². The summed E-state index contributed by atoms with van der Waals surface area (Å²) >= 11 is 0. The molecule has 4 rings (SSSR count). The predicted molar refractivity (Wildman–Crippen MR) is 102 cm³/mol. The normalized spacial score (nSPS) is 21.0. The average Bonchev–Trinajstić information content (AvgIpc) is 2.71. The van der Waals surface area contributed by atoms with Crippen LogP contribution >= 0.6 is 0 Å². The molecule has 2 aliphatic rings. The SMILES string of the molecule is CN1C(=O)c2c(OCc3ccccc3)c(=O)c(C(=O)O)cn2[C@H]2CCCC[C@@H]21. The fourth-order valence-electron chi connectivity index (χ4n) is 4.28. The lowest BCUT2D eigenvalue weighted by molar-refractivity contribution is 0.0499. The van der Waals surface area contributed by atoms with E-state index < -0.39 is 11.4 Å². The highest BCUT2D eigenvalue weighted by Crippen LogP contribution is 2.38. The van der Waals surface area contributed by atoms with Gasteiger partial charge in [-0.1, -0.05) is 43.2 Å². The molecule has 1 aromatic heterocycles. The van der Waals surface area contributed by atoms with Gasteiger partial charge >= 0.3 is 5.97 Å². The number of aromatic carboxylic acids is 1. The molecular weight excluding hydrogens is 360 g/mol. The van der Waals surface area contributed by atoms with Crippen LogP contribution < -0.4 is 10.2 Å². The number of carbonyl (C=O) groups is 2. The van der Waals surface area contributed by atoms with E-state index in [1.165, 1.54) is 6.20 Å². The first-order valence-electron chi connectivity index (χ1n) is 9.45. The standard InChI is InChI=1S/C21H22N2O5/c1-22-15-9-5-6-10-16(15)23-11-14(21(26)27)18(24)19(17(23)20(22)25)28-12-13-7-3-2-4-8-13/h2-4,7-8,11,15-16H,5-6,9-10,12H2,1H3,(H,26,27)/t15-,16-/m0/s1. The summed E-state index contributed by atoms with van der Waals surface area (Å²) in [7, 11) is 1.74. The minimum Gasteiger partial charge on any atom is -0.483 e. The number of carboxylic acid groups (broad SMARTS) is 1. The Morgan fingerprint density at radius 1 is 1.14 bits per heavy atom. The molecule has 0 saturated heterocycles. The molecule has 1 amide bonds. The zero-order valence-electron chi connectivity index (χ0n) is 15.6. The molecule has 1 aliphatic carbocycles. The van der Waals surface area contributed by atoms with Gasteiger partial charge in [0, 0.05) is 13.2 Å². The Bertz CT molecular complexity index is 982.